The molecular weight excluding hydrogens is 481 g/mol. The van der Waals surface area contributed by atoms with Crippen molar-refractivity contribution in [3.63, 3.8) is 0 Å². The molecule has 178 valence electrons. The number of benzene rings is 3. The summed E-state index contributed by atoms with van der Waals surface area (Å²) < 4.78 is 40.7. The maximum atomic E-state index is 13.2. The molecule has 0 fully saturated rings. The summed E-state index contributed by atoms with van der Waals surface area (Å²) in [5.74, 6) is -0.577. The number of primary amides is 1. The number of carbonyl (C=O) groups excluding carboxylic acids is 1. The van der Waals surface area contributed by atoms with E-state index in [-0.39, 0.29) is 16.7 Å². The van der Waals surface area contributed by atoms with E-state index in [0.717, 1.165) is 18.5 Å². The van der Waals surface area contributed by atoms with Gasteiger partial charge in [-0.05, 0) is 53.6 Å². The number of carbonyl (C=O) groups is 1. The first-order valence-electron chi connectivity index (χ1n) is 10.1. The molecule has 1 amide bonds. The number of halogens is 4. The Morgan fingerprint density at radius 1 is 1.14 bits per heavy atom. The molecule has 35 heavy (non-hydrogen) atoms. The van der Waals surface area contributed by atoms with Gasteiger partial charge in [0.05, 0.1) is 17.4 Å². The maximum Gasteiger partial charge on any atom is 0.416 e. The molecule has 11 heteroatoms. The van der Waals surface area contributed by atoms with Crippen LogP contribution in [0.25, 0.3) is 22.0 Å². The number of nitrogens with zero attached hydrogens (tertiary/aromatic N) is 3. The second-order valence-corrected chi connectivity index (χ2v) is 8.09. The normalized spacial score (nSPS) is 11.5. The fraction of sp³-hybridized carbons (Fsp3) is 0.0833. The van der Waals surface area contributed by atoms with Gasteiger partial charge in [-0.15, -0.1) is 0 Å². The van der Waals surface area contributed by atoms with Gasteiger partial charge in [0, 0.05) is 28.7 Å². The van der Waals surface area contributed by atoms with E-state index in [1.54, 1.807) is 54.4 Å². The molecule has 1 aromatic heterocycles. The number of alkyl halides is 3. The SMILES string of the molecule is CN(c1cccc(-c2ccc(C(F)(F)F)cc2C(N)=O)c1)c1nc(=N)n(C=N)c2cc(Cl)ccc12. The summed E-state index contributed by atoms with van der Waals surface area (Å²) in [7, 11) is 1.71. The van der Waals surface area contributed by atoms with Gasteiger partial charge >= 0.3 is 6.18 Å². The van der Waals surface area contributed by atoms with Crippen molar-refractivity contribution < 1.29 is 18.0 Å². The van der Waals surface area contributed by atoms with Crippen molar-refractivity contribution in [2.45, 2.75) is 6.18 Å². The highest BCUT2D eigenvalue weighted by Gasteiger charge is 2.31. The Labute approximate surface area is 202 Å². The molecular formula is C24H18ClF3N6O. The highest BCUT2D eigenvalue weighted by atomic mass is 35.5. The molecule has 0 saturated heterocycles. The van der Waals surface area contributed by atoms with Crippen molar-refractivity contribution in [2.75, 3.05) is 11.9 Å². The van der Waals surface area contributed by atoms with Crippen LogP contribution in [0.1, 0.15) is 15.9 Å². The Morgan fingerprint density at radius 3 is 2.54 bits per heavy atom. The van der Waals surface area contributed by atoms with E-state index in [1.165, 1.54) is 10.6 Å². The van der Waals surface area contributed by atoms with Gasteiger partial charge in [0.25, 0.3) is 0 Å². The van der Waals surface area contributed by atoms with E-state index < -0.39 is 17.6 Å². The quantitative estimate of drug-likeness (QED) is 0.260. The van der Waals surface area contributed by atoms with Crippen LogP contribution < -0.4 is 16.3 Å². The Bertz CT molecular complexity index is 1550. The average molecular weight is 499 g/mol. The van der Waals surface area contributed by atoms with E-state index in [4.69, 9.17) is 28.2 Å². The summed E-state index contributed by atoms with van der Waals surface area (Å²) in [5, 5.41) is 16.9. The number of nitrogens with one attached hydrogen (secondary N) is 2. The van der Waals surface area contributed by atoms with Crippen LogP contribution >= 0.6 is 11.6 Å². The average Bonchev–Trinajstić information content (AvgIpc) is 2.82. The van der Waals surface area contributed by atoms with Gasteiger partial charge < -0.3 is 10.6 Å². The Hall–Kier alpha value is -4.18. The standard InChI is InChI=1S/C24H18ClF3N6O/c1-33(22-18-8-6-15(25)11-20(18)34(12-29)23(31)32-22)16-4-2-3-13(9-16)17-7-5-14(24(26,27)28)10-19(17)21(30)35/h2-12,29,31H,1H3,(H2,30,35). The molecule has 1 heterocycles. The van der Waals surface area contributed by atoms with Gasteiger partial charge in [-0.1, -0.05) is 29.8 Å². The first kappa shape index (κ1) is 24.0. The second-order valence-electron chi connectivity index (χ2n) is 7.65. The minimum absolute atomic E-state index is 0.188. The summed E-state index contributed by atoms with van der Waals surface area (Å²) in [5.41, 5.74) is 5.80. The third-order valence-electron chi connectivity index (χ3n) is 5.50. The first-order chi connectivity index (χ1) is 16.5. The smallest absolute Gasteiger partial charge is 0.366 e. The monoisotopic (exact) mass is 498 g/mol. The molecule has 0 saturated carbocycles. The Balaban J connectivity index is 1.86. The second kappa shape index (κ2) is 8.88. The van der Waals surface area contributed by atoms with Crippen LogP contribution in [-0.4, -0.2) is 28.8 Å². The molecule has 4 aromatic rings. The molecule has 3 aromatic carbocycles. The highest BCUT2D eigenvalue weighted by molar-refractivity contribution is 6.31. The van der Waals surface area contributed by atoms with Crippen molar-refractivity contribution in [3.8, 4) is 11.1 Å². The lowest BCUT2D eigenvalue weighted by Crippen LogP contribution is -2.26. The van der Waals surface area contributed by atoms with E-state index in [0.29, 0.717) is 33.0 Å². The summed E-state index contributed by atoms with van der Waals surface area (Å²) in [4.78, 5) is 18.0. The molecule has 4 N–H and O–H groups in total. The van der Waals surface area contributed by atoms with E-state index in [1.807, 2.05) is 0 Å². The van der Waals surface area contributed by atoms with Crippen LogP contribution in [0.15, 0.2) is 60.7 Å². The van der Waals surface area contributed by atoms with Crippen molar-refractivity contribution in [2.24, 2.45) is 5.73 Å². The predicted molar refractivity (Wildman–Crippen MR) is 128 cm³/mol. The molecule has 0 spiro atoms. The lowest BCUT2D eigenvalue weighted by Gasteiger charge is -2.22. The number of amides is 1. The predicted octanol–water partition coefficient (Wildman–Crippen LogP) is 5.18. The number of hydrogen-bond donors (Lipinski definition) is 3. The summed E-state index contributed by atoms with van der Waals surface area (Å²) in [6.45, 7) is 0. The number of hydrogen-bond acceptors (Lipinski definition) is 5. The van der Waals surface area contributed by atoms with Gasteiger partial charge in [0.2, 0.25) is 11.5 Å². The van der Waals surface area contributed by atoms with Crippen molar-refractivity contribution in [3.05, 3.63) is 82.4 Å². The summed E-state index contributed by atoms with van der Waals surface area (Å²) in [6, 6.07) is 14.6. The van der Waals surface area contributed by atoms with Gasteiger partial charge in [-0.2, -0.15) is 18.2 Å². The lowest BCUT2D eigenvalue weighted by molar-refractivity contribution is -0.137. The molecule has 0 bridgehead atoms. The molecule has 0 radical (unpaired) electrons. The van der Waals surface area contributed by atoms with E-state index >= 15 is 0 Å². The topological polar surface area (TPSA) is 112 Å². The summed E-state index contributed by atoms with van der Waals surface area (Å²) in [6.07, 6.45) is -3.65. The van der Waals surface area contributed by atoms with Crippen molar-refractivity contribution in [1.82, 2.24) is 9.55 Å². The van der Waals surface area contributed by atoms with Crippen LogP contribution in [-0.2, 0) is 6.18 Å². The van der Waals surface area contributed by atoms with Crippen molar-refractivity contribution in [1.29, 1.82) is 10.8 Å². The van der Waals surface area contributed by atoms with Crippen LogP contribution in [0.5, 0.6) is 0 Å². The van der Waals surface area contributed by atoms with Gasteiger partial charge in [-0.25, -0.2) is 0 Å². The van der Waals surface area contributed by atoms with Crippen LogP contribution in [0.4, 0.5) is 24.7 Å². The molecule has 0 aliphatic heterocycles. The number of anilines is 2. The number of aromatic nitrogens is 2. The number of nitrogens with two attached hydrogens (primary N) is 1. The zero-order chi connectivity index (χ0) is 25.5. The molecule has 4 rings (SSSR count). The largest absolute Gasteiger partial charge is 0.416 e. The maximum absolute atomic E-state index is 13.2. The fourth-order valence-corrected chi connectivity index (χ4v) is 3.95. The van der Waals surface area contributed by atoms with Gasteiger partial charge in [0.1, 0.15) is 5.82 Å². The van der Waals surface area contributed by atoms with Crippen LogP contribution in [0.2, 0.25) is 5.02 Å². The first-order valence-corrected chi connectivity index (χ1v) is 10.5. The Morgan fingerprint density at radius 2 is 1.89 bits per heavy atom. The minimum atomic E-state index is -4.62. The van der Waals surface area contributed by atoms with Crippen LogP contribution in [0, 0.1) is 10.8 Å². The Kier molecular flexibility index (Phi) is 6.08. The lowest BCUT2D eigenvalue weighted by atomic mass is 9.96. The fourth-order valence-electron chi connectivity index (χ4n) is 3.79. The third kappa shape index (κ3) is 4.47. The molecule has 0 aliphatic carbocycles. The van der Waals surface area contributed by atoms with Gasteiger partial charge in [-0.3, -0.25) is 20.2 Å². The van der Waals surface area contributed by atoms with E-state index in [2.05, 4.69) is 4.98 Å². The molecule has 0 atom stereocenters. The molecule has 0 unspecified atom stereocenters. The van der Waals surface area contributed by atoms with Gasteiger partial charge in [0.15, 0.2) is 0 Å². The molecule has 0 aliphatic rings. The summed E-state index contributed by atoms with van der Waals surface area (Å²) >= 11 is 6.13. The molecule has 7 nitrogen and oxygen atoms in total. The number of rotatable bonds is 5. The zero-order valence-electron chi connectivity index (χ0n) is 18.2. The number of fused-ring (bicyclic) bond motifs is 1. The van der Waals surface area contributed by atoms with Crippen molar-refractivity contribution >= 4 is 46.3 Å². The van der Waals surface area contributed by atoms with E-state index in [9.17, 15) is 18.0 Å². The zero-order valence-corrected chi connectivity index (χ0v) is 18.9. The highest BCUT2D eigenvalue weighted by Crippen LogP contribution is 2.36. The van der Waals surface area contributed by atoms with Crippen LogP contribution in [0.3, 0.4) is 0 Å². The minimum Gasteiger partial charge on any atom is -0.366 e. The third-order valence-corrected chi connectivity index (χ3v) is 5.74.